The van der Waals surface area contributed by atoms with Crippen molar-refractivity contribution in [2.75, 3.05) is 7.11 Å². The third kappa shape index (κ3) is 3.39. The quantitative estimate of drug-likeness (QED) is 0.736. The van der Waals surface area contributed by atoms with Crippen molar-refractivity contribution < 1.29 is 18.7 Å². The lowest BCUT2D eigenvalue weighted by molar-refractivity contribution is 0.0595. The number of ether oxygens (including phenoxy) is 2. The summed E-state index contributed by atoms with van der Waals surface area (Å²) < 4.78 is 17.2. The average Bonchev–Trinajstić information content (AvgIpc) is 2.85. The number of hydrogen-bond acceptors (Lipinski definition) is 4. The van der Waals surface area contributed by atoms with Crippen LogP contribution < -0.4 is 4.74 Å². The van der Waals surface area contributed by atoms with Crippen LogP contribution in [0.4, 0.5) is 0 Å². The van der Waals surface area contributed by atoms with Crippen LogP contribution in [0.25, 0.3) is 0 Å². The molecule has 0 amide bonds. The minimum absolute atomic E-state index is 0.150. The predicted octanol–water partition coefficient (Wildman–Crippen LogP) is 4.17. The highest BCUT2D eigenvalue weighted by molar-refractivity contribution is 9.11. The van der Waals surface area contributed by atoms with E-state index < -0.39 is 5.97 Å². The maximum atomic E-state index is 11.5. The Morgan fingerprint density at radius 3 is 2.79 bits per heavy atom. The number of carbonyl (C=O) groups excluding carboxylic acids is 1. The van der Waals surface area contributed by atoms with Gasteiger partial charge >= 0.3 is 5.97 Å². The summed E-state index contributed by atoms with van der Waals surface area (Å²) >= 11 is 6.76. The lowest BCUT2D eigenvalue weighted by Crippen LogP contribution is -2.05. The van der Waals surface area contributed by atoms with E-state index in [1.54, 1.807) is 6.07 Å². The molecule has 0 saturated carbocycles. The molecule has 0 unspecified atom stereocenters. The molecule has 0 aliphatic rings. The first-order valence-corrected chi connectivity index (χ1v) is 6.93. The van der Waals surface area contributed by atoms with Crippen molar-refractivity contribution in [1.82, 2.24) is 0 Å². The van der Waals surface area contributed by atoms with Crippen LogP contribution in [0, 0.1) is 0 Å². The number of carbonyl (C=O) groups is 1. The molecule has 0 aliphatic heterocycles. The van der Waals surface area contributed by atoms with Gasteiger partial charge in [0, 0.05) is 4.47 Å². The van der Waals surface area contributed by atoms with Crippen molar-refractivity contribution in [1.29, 1.82) is 0 Å². The number of benzene rings is 1. The Morgan fingerprint density at radius 1 is 1.32 bits per heavy atom. The molecule has 1 aromatic heterocycles. The summed E-state index contributed by atoms with van der Waals surface area (Å²) in [6.07, 6.45) is 1.43. The van der Waals surface area contributed by atoms with E-state index in [2.05, 4.69) is 36.6 Å². The smallest absolute Gasteiger partial charge is 0.341 e. The van der Waals surface area contributed by atoms with Crippen LogP contribution in [0.15, 0.2) is 43.9 Å². The molecule has 6 heteroatoms. The fourth-order valence-corrected chi connectivity index (χ4v) is 2.64. The monoisotopic (exact) mass is 388 g/mol. The highest BCUT2D eigenvalue weighted by atomic mass is 79.9. The molecule has 0 N–H and O–H groups in total. The van der Waals surface area contributed by atoms with Gasteiger partial charge in [-0.2, -0.15) is 0 Å². The molecular weight excluding hydrogens is 380 g/mol. The number of methoxy groups -OCH3 is 1. The molecule has 4 nitrogen and oxygen atoms in total. The van der Waals surface area contributed by atoms with E-state index in [0.29, 0.717) is 17.1 Å². The van der Waals surface area contributed by atoms with Crippen LogP contribution in [-0.2, 0) is 11.3 Å². The van der Waals surface area contributed by atoms with Gasteiger partial charge in [-0.05, 0) is 40.2 Å². The van der Waals surface area contributed by atoms with Gasteiger partial charge < -0.3 is 13.9 Å². The Hall–Kier alpha value is -1.27. The van der Waals surface area contributed by atoms with Gasteiger partial charge in [-0.15, -0.1) is 0 Å². The van der Waals surface area contributed by atoms with Crippen LogP contribution in [0.2, 0.25) is 0 Å². The molecule has 2 aromatic rings. The van der Waals surface area contributed by atoms with Gasteiger partial charge in [0.1, 0.15) is 17.9 Å². The van der Waals surface area contributed by atoms with Crippen LogP contribution >= 0.6 is 31.9 Å². The molecule has 2 rings (SSSR count). The fourth-order valence-electron chi connectivity index (χ4n) is 1.48. The highest BCUT2D eigenvalue weighted by Crippen LogP contribution is 2.29. The Bertz CT molecular complexity index is 592. The normalized spacial score (nSPS) is 10.3. The molecule has 0 atom stereocenters. The van der Waals surface area contributed by atoms with Crippen LogP contribution in [0.5, 0.6) is 5.75 Å². The maximum absolute atomic E-state index is 11.5. The molecule has 0 radical (unpaired) electrons. The van der Waals surface area contributed by atoms with E-state index in [1.165, 1.54) is 13.4 Å². The largest absolute Gasteiger partial charge is 0.484 e. The van der Waals surface area contributed by atoms with E-state index in [-0.39, 0.29) is 6.61 Å². The standard InChI is InChI=1S/C13H10Br2O4/c1-17-13(16)9-4-5-18-12(9)7-19-11-3-2-8(14)6-10(11)15/h2-6H,7H2,1H3. The summed E-state index contributed by atoms with van der Waals surface area (Å²) in [5.74, 6) is 0.652. The third-order valence-corrected chi connectivity index (χ3v) is 3.52. The van der Waals surface area contributed by atoms with Crippen molar-refractivity contribution in [3.05, 3.63) is 50.8 Å². The second-order valence-corrected chi connectivity index (χ2v) is 5.38. The topological polar surface area (TPSA) is 48.7 Å². The Kier molecular flexibility index (Phi) is 4.66. The summed E-state index contributed by atoms with van der Waals surface area (Å²) in [5, 5.41) is 0. The minimum Gasteiger partial charge on any atom is -0.484 e. The van der Waals surface area contributed by atoms with Crippen molar-refractivity contribution in [2.45, 2.75) is 6.61 Å². The summed E-state index contributed by atoms with van der Waals surface area (Å²) in [4.78, 5) is 11.5. The Morgan fingerprint density at radius 2 is 2.11 bits per heavy atom. The average molecular weight is 390 g/mol. The molecule has 1 heterocycles. The van der Waals surface area contributed by atoms with Crippen molar-refractivity contribution in [3.8, 4) is 5.75 Å². The second-order valence-electron chi connectivity index (χ2n) is 3.61. The minimum atomic E-state index is -0.442. The summed E-state index contributed by atoms with van der Waals surface area (Å²) in [6, 6.07) is 7.11. The van der Waals surface area contributed by atoms with Gasteiger partial charge in [0.15, 0.2) is 5.76 Å². The van der Waals surface area contributed by atoms with E-state index in [4.69, 9.17) is 9.15 Å². The van der Waals surface area contributed by atoms with Crippen LogP contribution in [-0.4, -0.2) is 13.1 Å². The van der Waals surface area contributed by atoms with Gasteiger partial charge in [-0.25, -0.2) is 4.79 Å². The van der Waals surface area contributed by atoms with Gasteiger partial charge in [0.05, 0.1) is 17.8 Å². The number of rotatable bonds is 4. The Labute approximate surface area is 127 Å². The zero-order valence-corrected chi connectivity index (χ0v) is 13.2. The first-order chi connectivity index (χ1) is 9.11. The summed E-state index contributed by atoms with van der Waals surface area (Å²) in [6.45, 7) is 0.150. The zero-order valence-electron chi connectivity index (χ0n) is 9.98. The van der Waals surface area contributed by atoms with Crippen molar-refractivity contribution >= 4 is 37.8 Å². The van der Waals surface area contributed by atoms with Crippen LogP contribution in [0.1, 0.15) is 16.1 Å². The number of halogens is 2. The van der Waals surface area contributed by atoms with Gasteiger partial charge in [-0.1, -0.05) is 15.9 Å². The number of furan rings is 1. The van der Waals surface area contributed by atoms with Crippen molar-refractivity contribution in [3.63, 3.8) is 0 Å². The molecule has 1 aromatic carbocycles. The lowest BCUT2D eigenvalue weighted by Gasteiger charge is -2.07. The highest BCUT2D eigenvalue weighted by Gasteiger charge is 2.15. The number of hydrogen-bond donors (Lipinski definition) is 0. The predicted molar refractivity (Wildman–Crippen MR) is 76.2 cm³/mol. The van der Waals surface area contributed by atoms with Crippen molar-refractivity contribution in [2.24, 2.45) is 0 Å². The second kappa shape index (κ2) is 6.25. The summed E-state index contributed by atoms with van der Waals surface area (Å²) in [7, 11) is 1.32. The van der Waals surface area contributed by atoms with E-state index in [9.17, 15) is 4.79 Å². The van der Waals surface area contributed by atoms with Gasteiger partial charge in [0.2, 0.25) is 0 Å². The fraction of sp³-hybridized carbons (Fsp3) is 0.154. The van der Waals surface area contributed by atoms with E-state index >= 15 is 0 Å². The molecule has 0 bridgehead atoms. The van der Waals surface area contributed by atoms with Crippen LogP contribution in [0.3, 0.4) is 0 Å². The lowest BCUT2D eigenvalue weighted by atomic mass is 10.2. The zero-order chi connectivity index (χ0) is 13.8. The molecule has 19 heavy (non-hydrogen) atoms. The third-order valence-electron chi connectivity index (χ3n) is 2.40. The molecule has 0 fully saturated rings. The van der Waals surface area contributed by atoms with E-state index in [0.717, 1.165) is 8.95 Å². The SMILES string of the molecule is COC(=O)c1ccoc1COc1ccc(Br)cc1Br. The summed E-state index contributed by atoms with van der Waals surface area (Å²) in [5.41, 5.74) is 0.371. The molecule has 0 spiro atoms. The first kappa shape index (κ1) is 14.1. The first-order valence-electron chi connectivity index (χ1n) is 5.34. The van der Waals surface area contributed by atoms with Gasteiger partial charge in [-0.3, -0.25) is 0 Å². The maximum Gasteiger partial charge on any atom is 0.341 e. The Balaban J connectivity index is 2.10. The molecule has 0 aliphatic carbocycles. The molecule has 0 saturated heterocycles. The van der Waals surface area contributed by atoms with E-state index in [1.807, 2.05) is 18.2 Å². The molecular formula is C13H10Br2O4. The van der Waals surface area contributed by atoms with Gasteiger partial charge in [0.25, 0.3) is 0 Å². The number of esters is 1. The molecule has 100 valence electrons.